The van der Waals surface area contributed by atoms with Gasteiger partial charge in [-0.25, -0.2) is 0 Å². The van der Waals surface area contributed by atoms with E-state index in [0.29, 0.717) is 19.8 Å². The lowest BCUT2D eigenvalue weighted by Crippen LogP contribution is -2.43. The predicted molar refractivity (Wildman–Crippen MR) is 131 cm³/mol. The fourth-order valence-corrected chi connectivity index (χ4v) is 3.90. The number of nitrogens with zero attached hydrogens (tertiary/aromatic N) is 1. The van der Waals surface area contributed by atoms with Crippen LogP contribution < -0.4 is 0 Å². The van der Waals surface area contributed by atoms with E-state index in [1.54, 1.807) is 0 Å². The Hall–Kier alpha value is -1.95. The average Bonchev–Trinajstić information content (AvgIpc) is 2.90. The van der Waals surface area contributed by atoms with Crippen molar-refractivity contribution in [1.82, 2.24) is 4.90 Å². The van der Waals surface area contributed by atoms with Crippen molar-refractivity contribution in [3.05, 3.63) is 60.2 Å². The highest BCUT2D eigenvalue weighted by Gasteiger charge is 2.35. The van der Waals surface area contributed by atoms with Crippen LogP contribution in [0.2, 0.25) is 0 Å². The minimum Gasteiger partial charge on any atom is -0.389 e. The maximum atomic E-state index is 9.90. The Kier molecular flexibility index (Phi) is 11.9. The van der Waals surface area contributed by atoms with Crippen LogP contribution in [0.25, 0.3) is 11.1 Å². The number of hydrogen-bond acceptors (Lipinski definition) is 6. The summed E-state index contributed by atoms with van der Waals surface area (Å²) in [6.07, 6.45) is -2.28. The Labute approximate surface area is 202 Å². The van der Waals surface area contributed by atoms with E-state index >= 15 is 0 Å². The predicted octanol–water partition coefficient (Wildman–Crippen LogP) is 2.22. The van der Waals surface area contributed by atoms with Crippen molar-refractivity contribution in [2.24, 2.45) is 0 Å². The van der Waals surface area contributed by atoms with Crippen LogP contribution in [0.4, 0.5) is 0 Å². The molecule has 0 saturated carbocycles. The molecule has 1 aliphatic heterocycles. The van der Waals surface area contributed by atoms with Crippen molar-refractivity contribution in [2.45, 2.75) is 50.3 Å². The summed E-state index contributed by atoms with van der Waals surface area (Å²) in [6.45, 7) is 2.03. The molecule has 0 radical (unpaired) electrons. The summed E-state index contributed by atoms with van der Waals surface area (Å²) in [5, 5.41) is 39.3. The lowest BCUT2D eigenvalue weighted by Gasteiger charge is -2.22. The number of aliphatic hydroxyl groups excluding tert-OH is 4. The minimum absolute atomic E-state index is 0. The van der Waals surface area contributed by atoms with Crippen molar-refractivity contribution < 1.29 is 25.2 Å². The van der Waals surface area contributed by atoms with Crippen molar-refractivity contribution in [3.63, 3.8) is 0 Å². The van der Waals surface area contributed by atoms with E-state index < -0.39 is 24.4 Å². The van der Waals surface area contributed by atoms with E-state index in [2.05, 4.69) is 36.1 Å². The largest absolute Gasteiger partial charge is 0.389 e. The Balaban J connectivity index is 0.00000385. The minimum atomic E-state index is -1.32. The summed E-state index contributed by atoms with van der Waals surface area (Å²) in [5.74, 6) is 6.18. The van der Waals surface area contributed by atoms with Gasteiger partial charge in [0.05, 0.1) is 18.8 Å². The fourth-order valence-electron chi connectivity index (χ4n) is 3.90. The Bertz CT molecular complexity index is 869. The number of benzene rings is 2. The van der Waals surface area contributed by atoms with E-state index in [1.165, 1.54) is 11.1 Å². The van der Waals surface area contributed by atoms with Crippen LogP contribution >= 0.6 is 12.4 Å². The van der Waals surface area contributed by atoms with Gasteiger partial charge < -0.3 is 25.2 Å². The van der Waals surface area contributed by atoms with Crippen LogP contribution in [-0.4, -0.2) is 76.0 Å². The molecule has 1 saturated heterocycles. The molecule has 1 aliphatic rings. The third-order valence-corrected chi connectivity index (χ3v) is 5.71. The molecule has 0 amide bonds. The molecule has 6 nitrogen and oxygen atoms in total. The molecule has 4 atom stereocenters. The number of likely N-dealkylation sites (tertiary alicyclic amines) is 1. The monoisotopic (exact) mass is 475 g/mol. The summed E-state index contributed by atoms with van der Waals surface area (Å²) in [5.41, 5.74) is 3.48. The normalized spacial score (nSPS) is 23.2. The van der Waals surface area contributed by atoms with E-state index in [1.807, 2.05) is 35.2 Å². The third-order valence-electron chi connectivity index (χ3n) is 5.71. The standard InChI is InChI=1S/C26H33NO5.ClH/c28-23-17-27(18-24(29)26(31)25(23)30)15-9-2-1-3-10-16-32-19-21-13-7-8-14-22(21)20-11-5-4-6-12-20;/h4-8,11-14,23-26,28-31H,1-2,9,15-19H2;1H/t23-,24-,25+,26+;/m0./s1. The van der Waals surface area contributed by atoms with Crippen molar-refractivity contribution in [3.8, 4) is 23.0 Å². The summed E-state index contributed by atoms with van der Waals surface area (Å²) in [7, 11) is 0. The van der Waals surface area contributed by atoms with Gasteiger partial charge in [-0.15, -0.1) is 18.3 Å². The van der Waals surface area contributed by atoms with Crippen molar-refractivity contribution in [2.75, 3.05) is 26.2 Å². The molecule has 7 heteroatoms. The topological polar surface area (TPSA) is 93.4 Å². The van der Waals surface area contributed by atoms with E-state index in [-0.39, 0.29) is 25.5 Å². The highest BCUT2D eigenvalue weighted by molar-refractivity contribution is 5.85. The quantitative estimate of drug-likeness (QED) is 0.345. The molecular formula is C26H34ClNO5. The van der Waals surface area contributed by atoms with Crippen molar-refractivity contribution in [1.29, 1.82) is 0 Å². The molecule has 4 N–H and O–H groups in total. The SMILES string of the molecule is Cl.O[C@H]1[C@H](O)[C@@H](O)CN(CCCCC#CCOCc2ccccc2-c2ccccc2)C[C@@H]1O. The highest BCUT2D eigenvalue weighted by Crippen LogP contribution is 2.23. The fraction of sp³-hybridized carbons (Fsp3) is 0.462. The van der Waals surface area contributed by atoms with Crippen LogP contribution in [0.5, 0.6) is 0 Å². The lowest BCUT2D eigenvalue weighted by molar-refractivity contribution is -0.0894. The second-order valence-electron chi connectivity index (χ2n) is 8.20. The first kappa shape index (κ1) is 27.3. The first-order valence-electron chi connectivity index (χ1n) is 11.2. The zero-order chi connectivity index (χ0) is 22.8. The number of aliphatic hydroxyl groups is 4. The van der Waals surface area contributed by atoms with Crippen LogP contribution in [-0.2, 0) is 11.3 Å². The number of hydrogen-bond donors (Lipinski definition) is 4. The zero-order valence-corrected chi connectivity index (χ0v) is 19.5. The van der Waals surface area contributed by atoms with Gasteiger partial charge in [-0.1, -0.05) is 60.5 Å². The molecule has 0 bridgehead atoms. The van der Waals surface area contributed by atoms with Crippen LogP contribution in [0, 0.1) is 11.8 Å². The lowest BCUT2D eigenvalue weighted by atomic mass is 10.0. The second kappa shape index (κ2) is 14.3. The van der Waals surface area contributed by atoms with Crippen LogP contribution in [0.1, 0.15) is 24.8 Å². The first-order valence-corrected chi connectivity index (χ1v) is 11.2. The number of halogens is 1. The second-order valence-corrected chi connectivity index (χ2v) is 8.20. The molecular weight excluding hydrogens is 442 g/mol. The summed E-state index contributed by atoms with van der Waals surface area (Å²) in [4.78, 5) is 1.87. The summed E-state index contributed by atoms with van der Waals surface area (Å²) in [6, 6.07) is 18.5. The molecule has 180 valence electrons. The van der Waals surface area contributed by atoms with Gasteiger partial charge in [-0.3, -0.25) is 4.90 Å². The molecule has 33 heavy (non-hydrogen) atoms. The van der Waals surface area contributed by atoms with Crippen LogP contribution in [0.15, 0.2) is 54.6 Å². The van der Waals surface area contributed by atoms with Crippen LogP contribution in [0.3, 0.4) is 0 Å². The maximum absolute atomic E-state index is 9.90. The number of unbranched alkanes of at least 4 members (excludes halogenated alkanes) is 2. The third kappa shape index (κ3) is 8.40. The summed E-state index contributed by atoms with van der Waals surface area (Å²) >= 11 is 0. The van der Waals surface area contributed by atoms with Gasteiger partial charge in [-0.05, 0) is 36.1 Å². The van der Waals surface area contributed by atoms with Gasteiger partial charge in [0.25, 0.3) is 0 Å². The molecule has 0 aromatic heterocycles. The van der Waals surface area contributed by atoms with Gasteiger partial charge in [-0.2, -0.15) is 0 Å². The van der Waals surface area contributed by atoms with Gasteiger partial charge in [0, 0.05) is 19.5 Å². The Morgan fingerprint density at radius 2 is 1.45 bits per heavy atom. The molecule has 0 spiro atoms. The highest BCUT2D eigenvalue weighted by atomic mass is 35.5. The molecule has 0 unspecified atom stereocenters. The average molecular weight is 476 g/mol. The van der Waals surface area contributed by atoms with Gasteiger partial charge in [0.15, 0.2) is 0 Å². The molecule has 2 aromatic carbocycles. The van der Waals surface area contributed by atoms with Gasteiger partial charge in [0.1, 0.15) is 18.8 Å². The molecule has 0 aliphatic carbocycles. The Morgan fingerprint density at radius 3 is 2.15 bits per heavy atom. The van der Waals surface area contributed by atoms with E-state index in [0.717, 1.165) is 24.8 Å². The Morgan fingerprint density at radius 1 is 0.818 bits per heavy atom. The number of rotatable bonds is 8. The maximum Gasteiger partial charge on any atom is 0.110 e. The number of β-amino-alcohol motifs (C(OH)–C–C–N with tert-alkyl or cyclic N) is 2. The number of ether oxygens (including phenoxy) is 1. The van der Waals surface area contributed by atoms with Crippen molar-refractivity contribution >= 4 is 12.4 Å². The van der Waals surface area contributed by atoms with Gasteiger partial charge in [0.2, 0.25) is 0 Å². The zero-order valence-electron chi connectivity index (χ0n) is 18.7. The van der Waals surface area contributed by atoms with E-state index in [9.17, 15) is 20.4 Å². The summed E-state index contributed by atoms with van der Waals surface area (Å²) < 4.78 is 5.76. The molecule has 1 fully saturated rings. The molecule has 2 aromatic rings. The molecule has 1 heterocycles. The van der Waals surface area contributed by atoms with Gasteiger partial charge >= 0.3 is 0 Å². The first-order chi connectivity index (χ1) is 15.6. The molecule has 3 rings (SSSR count). The smallest absolute Gasteiger partial charge is 0.110 e. The van der Waals surface area contributed by atoms with E-state index in [4.69, 9.17) is 4.74 Å².